The van der Waals surface area contributed by atoms with Gasteiger partial charge in [0.1, 0.15) is 6.04 Å². The summed E-state index contributed by atoms with van der Waals surface area (Å²) in [5.41, 5.74) is 5.29. The molecule has 0 spiro atoms. The van der Waals surface area contributed by atoms with Gasteiger partial charge in [-0.2, -0.15) is 0 Å². The Labute approximate surface area is 204 Å². The monoisotopic (exact) mass is 456 g/mol. The SMILES string of the molecule is Cc1ccc(CC(=O)N(Cc2cccc(C)c2)C(Cc2ccccc2)C(=O)NCC(C)C)cc1. The van der Waals surface area contributed by atoms with E-state index in [0.29, 0.717) is 25.4 Å². The van der Waals surface area contributed by atoms with E-state index in [1.54, 1.807) is 4.90 Å². The topological polar surface area (TPSA) is 49.4 Å². The van der Waals surface area contributed by atoms with Crippen molar-refractivity contribution in [2.24, 2.45) is 5.92 Å². The summed E-state index contributed by atoms with van der Waals surface area (Å²) in [6.45, 7) is 9.18. The lowest BCUT2D eigenvalue weighted by atomic mass is 10.0. The van der Waals surface area contributed by atoms with Gasteiger partial charge in [0.2, 0.25) is 11.8 Å². The van der Waals surface area contributed by atoms with Gasteiger partial charge in [0.15, 0.2) is 0 Å². The van der Waals surface area contributed by atoms with Crippen LogP contribution in [-0.4, -0.2) is 29.3 Å². The summed E-state index contributed by atoms with van der Waals surface area (Å²) in [5.74, 6) is 0.170. The van der Waals surface area contributed by atoms with Gasteiger partial charge in [0.05, 0.1) is 6.42 Å². The Kier molecular flexibility index (Phi) is 9.03. The van der Waals surface area contributed by atoms with Gasteiger partial charge in [-0.05, 0) is 36.5 Å². The zero-order chi connectivity index (χ0) is 24.5. The molecule has 3 rings (SSSR count). The molecule has 0 aliphatic heterocycles. The molecule has 0 radical (unpaired) electrons. The van der Waals surface area contributed by atoms with Crippen molar-refractivity contribution in [1.82, 2.24) is 10.2 Å². The minimum absolute atomic E-state index is 0.0500. The molecule has 0 aromatic heterocycles. The molecule has 0 aliphatic rings. The van der Waals surface area contributed by atoms with E-state index in [-0.39, 0.29) is 18.2 Å². The highest BCUT2D eigenvalue weighted by Gasteiger charge is 2.30. The number of amides is 2. The molecule has 1 N–H and O–H groups in total. The Morgan fingerprint density at radius 3 is 2.12 bits per heavy atom. The predicted molar refractivity (Wildman–Crippen MR) is 138 cm³/mol. The summed E-state index contributed by atoms with van der Waals surface area (Å²) in [6, 6.07) is 25.5. The van der Waals surface area contributed by atoms with E-state index in [1.165, 1.54) is 0 Å². The van der Waals surface area contributed by atoms with E-state index in [9.17, 15) is 9.59 Å². The number of hydrogen-bond acceptors (Lipinski definition) is 2. The lowest BCUT2D eigenvalue weighted by Gasteiger charge is -2.32. The molecule has 0 fully saturated rings. The smallest absolute Gasteiger partial charge is 0.243 e. The number of carbonyl (C=O) groups is 2. The standard InChI is InChI=1S/C30H36N2O2/c1-22(2)20-31-30(34)28(18-25-10-6-5-7-11-25)32(21-27-12-8-9-24(4)17-27)29(33)19-26-15-13-23(3)14-16-26/h5-17,22,28H,18-21H2,1-4H3,(H,31,34). The number of hydrogen-bond donors (Lipinski definition) is 1. The van der Waals surface area contributed by atoms with Gasteiger partial charge in [-0.3, -0.25) is 9.59 Å². The van der Waals surface area contributed by atoms with Gasteiger partial charge in [-0.15, -0.1) is 0 Å². The molecule has 178 valence electrons. The summed E-state index contributed by atoms with van der Waals surface area (Å²) in [5, 5.41) is 3.07. The lowest BCUT2D eigenvalue weighted by molar-refractivity contribution is -0.140. The maximum absolute atomic E-state index is 13.7. The van der Waals surface area contributed by atoms with Crippen LogP contribution in [0.5, 0.6) is 0 Å². The molecule has 34 heavy (non-hydrogen) atoms. The minimum Gasteiger partial charge on any atom is -0.354 e. The Hall–Kier alpha value is -3.40. The Balaban J connectivity index is 1.94. The van der Waals surface area contributed by atoms with Gasteiger partial charge in [-0.1, -0.05) is 104 Å². The second-order valence-electron chi connectivity index (χ2n) is 9.52. The highest BCUT2D eigenvalue weighted by atomic mass is 16.2. The molecule has 2 amide bonds. The quantitative estimate of drug-likeness (QED) is 0.452. The average molecular weight is 457 g/mol. The minimum atomic E-state index is -0.598. The highest BCUT2D eigenvalue weighted by molar-refractivity contribution is 5.88. The predicted octanol–water partition coefficient (Wildman–Crippen LogP) is 5.26. The molecule has 0 saturated heterocycles. The second-order valence-corrected chi connectivity index (χ2v) is 9.52. The van der Waals surface area contributed by atoms with Gasteiger partial charge in [0, 0.05) is 19.5 Å². The maximum Gasteiger partial charge on any atom is 0.243 e. The van der Waals surface area contributed by atoms with E-state index >= 15 is 0 Å². The fourth-order valence-electron chi connectivity index (χ4n) is 3.97. The van der Waals surface area contributed by atoms with Crippen LogP contribution in [0.25, 0.3) is 0 Å². The number of benzene rings is 3. The first-order valence-electron chi connectivity index (χ1n) is 12.0. The zero-order valence-electron chi connectivity index (χ0n) is 20.8. The molecule has 0 saturated carbocycles. The van der Waals surface area contributed by atoms with Crippen molar-refractivity contribution < 1.29 is 9.59 Å². The van der Waals surface area contributed by atoms with Crippen molar-refractivity contribution >= 4 is 11.8 Å². The van der Waals surface area contributed by atoms with Crippen molar-refractivity contribution in [1.29, 1.82) is 0 Å². The molecule has 3 aromatic rings. The number of carbonyl (C=O) groups excluding carboxylic acids is 2. The zero-order valence-corrected chi connectivity index (χ0v) is 20.8. The van der Waals surface area contributed by atoms with Crippen LogP contribution in [0.1, 0.15) is 41.7 Å². The van der Waals surface area contributed by atoms with Crippen molar-refractivity contribution in [3.8, 4) is 0 Å². The van der Waals surface area contributed by atoms with Crippen molar-refractivity contribution in [2.75, 3.05) is 6.54 Å². The van der Waals surface area contributed by atoms with Crippen LogP contribution < -0.4 is 5.32 Å². The summed E-state index contributed by atoms with van der Waals surface area (Å²) in [7, 11) is 0. The van der Waals surface area contributed by atoms with Gasteiger partial charge in [0.25, 0.3) is 0 Å². The Morgan fingerprint density at radius 2 is 1.47 bits per heavy atom. The van der Waals surface area contributed by atoms with Crippen LogP contribution in [0.3, 0.4) is 0 Å². The second kappa shape index (κ2) is 12.2. The first kappa shape index (κ1) is 25.2. The normalized spacial score (nSPS) is 11.8. The van der Waals surface area contributed by atoms with E-state index in [0.717, 1.165) is 27.8 Å². The maximum atomic E-state index is 13.7. The molecule has 1 unspecified atom stereocenters. The molecular formula is C30H36N2O2. The Morgan fingerprint density at radius 1 is 0.794 bits per heavy atom. The summed E-state index contributed by atoms with van der Waals surface area (Å²) < 4.78 is 0. The number of rotatable bonds is 10. The number of nitrogens with zero attached hydrogens (tertiary/aromatic N) is 1. The number of aryl methyl sites for hydroxylation is 2. The van der Waals surface area contributed by atoms with E-state index in [1.807, 2.05) is 86.6 Å². The fourth-order valence-corrected chi connectivity index (χ4v) is 3.97. The summed E-state index contributed by atoms with van der Waals surface area (Å²) in [6.07, 6.45) is 0.727. The molecule has 3 aromatic carbocycles. The van der Waals surface area contributed by atoms with Gasteiger partial charge >= 0.3 is 0 Å². The van der Waals surface area contributed by atoms with E-state index in [2.05, 4.69) is 25.2 Å². The third-order valence-corrected chi connectivity index (χ3v) is 5.87. The van der Waals surface area contributed by atoms with Crippen molar-refractivity contribution in [3.05, 3.63) is 107 Å². The van der Waals surface area contributed by atoms with E-state index < -0.39 is 6.04 Å². The van der Waals surface area contributed by atoms with Gasteiger partial charge < -0.3 is 10.2 Å². The van der Waals surface area contributed by atoms with Crippen LogP contribution in [0.4, 0.5) is 0 Å². The van der Waals surface area contributed by atoms with Crippen LogP contribution in [0.15, 0.2) is 78.9 Å². The van der Waals surface area contributed by atoms with Crippen molar-refractivity contribution in [2.45, 2.75) is 53.1 Å². The number of nitrogens with one attached hydrogen (secondary N) is 1. The van der Waals surface area contributed by atoms with Crippen molar-refractivity contribution in [3.63, 3.8) is 0 Å². The van der Waals surface area contributed by atoms with E-state index in [4.69, 9.17) is 0 Å². The lowest BCUT2D eigenvalue weighted by Crippen LogP contribution is -2.51. The first-order chi connectivity index (χ1) is 16.3. The molecule has 0 bridgehead atoms. The van der Waals surface area contributed by atoms with Gasteiger partial charge in [-0.25, -0.2) is 0 Å². The Bertz CT molecular complexity index is 1070. The van der Waals surface area contributed by atoms with Crippen LogP contribution in [0, 0.1) is 19.8 Å². The molecular weight excluding hydrogens is 420 g/mol. The van der Waals surface area contributed by atoms with Crippen LogP contribution in [0.2, 0.25) is 0 Å². The molecule has 0 heterocycles. The highest BCUT2D eigenvalue weighted by Crippen LogP contribution is 2.18. The van der Waals surface area contributed by atoms with Crippen LogP contribution in [-0.2, 0) is 29.0 Å². The fraction of sp³-hybridized carbons (Fsp3) is 0.333. The summed E-state index contributed by atoms with van der Waals surface area (Å²) >= 11 is 0. The molecule has 1 atom stereocenters. The first-order valence-corrected chi connectivity index (χ1v) is 12.0. The molecule has 4 nitrogen and oxygen atoms in total. The molecule has 0 aliphatic carbocycles. The third kappa shape index (κ3) is 7.58. The largest absolute Gasteiger partial charge is 0.354 e. The summed E-state index contributed by atoms with van der Waals surface area (Å²) in [4.78, 5) is 28.9. The average Bonchev–Trinajstić information content (AvgIpc) is 2.82. The molecule has 4 heteroatoms. The third-order valence-electron chi connectivity index (χ3n) is 5.87. The van der Waals surface area contributed by atoms with Crippen LogP contribution >= 0.6 is 0 Å².